The average Bonchev–Trinajstić information content (AvgIpc) is 2.58. The van der Waals surface area contributed by atoms with Crippen molar-refractivity contribution in [3.05, 3.63) is 0 Å². The molecule has 2 N–H and O–H groups in total. The van der Waals surface area contributed by atoms with Gasteiger partial charge in [0.2, 0.25) is 0 Å². The smallest absolute Gasteiger partial charge is 0.315 e. The molecule has 8 aliphatic carbocycles. The summed E-state index contributed by atoms with van der Waals surface area (Å²) in [6.45, 7) is 3.23. The fourth-order valence-corrected chi connectivity index (χ4v) is 9.88. The Bertz CT molecular complexity index is 555. The number of rotatable bonds is 4. The molecule has 3 heteroatoms. The Morgan fingerprint density at radius 3 is 1.63 bits per heavy atom. The average molecular weight is 371 g/mol. The van der Waals surface area contributed by atoms with Gasteiger partial charge in [-0.05, 0) is 130 Å². The van der Waals surface area contributed by atoms with Crippen LogP contribution in [0.2, 0.25) is 0 Å². The van der Waals surface area contributed by atoms with Crippen LogP contribution in [0.4, 0.5) is 4.79 Å². The molecule has 0 spiro atoms. The van der Waals surface area contributed by atoms with Crippen LogP contribution in [0.25, 0.3) is 0 Å². The van der Waals surface area contributed by atoms with Crippen molar-refractivity contribution >= 4 is 6.03 Å². The van der Waals surface area contributed by atoms with E-state index in [1.165, 1.54) is 77.0 Å². The van der Waals surface area contributed by atoms with Crippen molar-refractivity contribution in [2.24, 2.45) is 46.3 Å². The molecule has 0 heterocycles. The largest absolute Gasteiger partial charge is 0.338 e. The summed E-state index contributed by atoms with van der Waals surface area (Å²) in [5.41, 5.74) is 0.850. The third-order valence-corrected chi connectivity index (χ3v) is 10.1. The molecule has 0 aromatic heterocycles. The Hall–Kier alpha value is -0.730. The van der Waals surface area contributed by atoms with E-state index in [9.17, 15) is 4.79 Å². The monoisotopic (exact) mass is 370 g/mol. The Balaban J connectivity index is 1.07. The maximum absolute atomic E-state index is 12.8. The van der Waals surface area contributed by atoms with Crippen LogP contribution in [0, 0.1) is 46.3 Å². The van der Waals surface area contributed by atoms with Gasteiger partial charge in [0.15, 0.2) is 0 Å². The second kappa shape index (κ2) is 5.89. The van der Waals surface area contributed by atoms with E-state index in [2.05, 4.69) is 17.6 Å². The first-order valence-electron chi connectivity index (χ1n) is 12.0. The van der Waals surface area contributed by atoms with Crippen LogP contribution in [0.5, 0.6) is 0 Å². The van der Waals surface area contributed by atoms with Crippen LogP contribution >= 0.6 is 0 Å². The molecule has 8 fully saturated rings. The fourth-order valence-electron chi connectivity index (χ4n) is 9.88. The van der Waals surface area contributed by atoms with E-state index < -0.39 is 0 Å². The first kappa shape index (κ1) is 17.2. The van der Waals surface area contributed by atoms with Gasteiger partial charge in [-0.1, -0.05) is 0 Å². The molecule has 1 unspecified atom stereocenters. The maximum Gasteiger partial charge on any atom is 0.315 e. The Kier molecular flexibility index (Phi) is 3.74. The lowest BCUT2D eigenvalue weighted by Crippen LogP contribution is -2.58. The molecule has 3 nitrogen and oxygen atoms in total. The summed E-state index contributed by atoms with van der Waals surface area (Å²) in [5.74, 6) is 5.76. The number of amides is 2. The van der Waals surface area contributed by atoms with Crippen LogP contribution < -0.4 is 10.6 Å². The van der Waals surface area contributed by atoms with Crippen LogP contribution in [0.1, 0.15) is 84.0 Å². The standard InChI is InChI=1S/C24H38N2O/c1-15(24-11-19-5-20(12-24)7-21(6-19)13-24)26-22(27)25-14-23-8-16-2-17(9-23)4-18(3-16)10-23/h15-21H,2-14H2,1H3,(H2,25,26,27). The minimum absolute atomic E-state index is 0.119. The van der Waals surface area contributed by atoms with Crippen molar-refractivity contribution in [3.63, 3.8) is 0 Å². The summed E-state index contributed by atoms with van der Waals surface area (Å²) in [4.78, 5) is 12.8. The van der Waals surface area contributed by atoms with Gasteiger partial charge in [0, 0.05) is 12.6 Å². The van der Waals surface area contributed by atoms with Gasteiger partial charge >= 0.3 is 6.03 Å². The predicted molar refractivity (Wildman–Crippen MR) is 107 cm³/mol. The van der Waals surface area contributed by atoms with Crippen LogP contribution in [0.3, 0.4) is 0 Å². The van der Waals surface area contributed by atoms with E-state index in [4.69, 9.17) is 0 Å². The molecule has 27 heavy (non-hydrogen) atoms. The molecule has 1 atom stereocenters. The minimum atomic E-state index is 0.119. The zero-order valence-electron chi connectivity index (χ0n) is 17.1. The normalized spacial score (nSPS) is 52.8. The summed E-state index contributed by atoms with van der Waals surface area (Å²) in [6, 6.07) is 0.455. The van der Waals surface area contributed by atoms with Crippen molar-refractivity contribution in [2.75, 3.05) is 6.54 Å². The highest BCUT2D eigenvalue weighted by molar-refractivity contribution is 5.74. The van der Waals surface area contributed by atoms with E-state index in [-0.39, 0.29) is 6.03 Å². The molecule has 8 aliphatic rings. The molecule has 0 saturated heterocycles. The molecule has 8 rings (SSSR count). The molecule has 0 aromatic rings. The molecular formula is C24H38N2O. The third-order valence-electron chi connectivity index (χ3n) is 10.1. The topological polar surface area (TPSA) is 41.1 Å². The lowest BCUT2D eigenvalue weighted by Gasteiger charge is -2.59. The Labute approximate surface area is 164 Å². The van der Waals surface area contributed by atoms with E-state index in [0.29, 0.717) is 16.9 Å². The van der Waals surface area contributed by atoms with Gasteiger partial charge in [-0.2, -0.15) is 0 Å². The third kappa shape index (κ3) is 2.85. The molecule has 0 aromatic carbocycles. The van der Waals surface area contributed by atoms with Gasteiger partial charge in [0.05, 0.1) is 0 Å². The van der Waals surface area contributed by atoms with Gasteiger partial charge in [-0.3, -0.25) is 0 Å². The van der Waals surface area contributed by atoms with Crippen molar-refractivity contribution in [3.8, 4) is 0 Å². The molecule has 8 saturated carbocycles. The van der Waals surface area contributed by atoms with Crippen LogP contribution in [-0.4, -0.2) is 18.6 Å². The summed E-state index contributed by atoms with van der Waals surface area (Å²) in [6.07, 6.45) is 17.1. The van der Waals surface area contributed by atoms with Gasteiger partial charge in [0.25, 0.3) is 0 Å². The first-order valence-corrected chi connectivity index (χ1v) is 12.0. The zero-order chi connectivity index (χ0) is 18.2. The highest BCUT2D eigenvalue weighted by atomic mass is 16.2. The van der Waals surface area contributed by atoms with Crippen molar-refractivity contribution in [1.29, 1.82) is 0 Å². The summed E-state index contributed by atoms with van der Waals surface area (Å²) < 4.78 is 0. The van der Waals surface area contributed by atoms with Gasteiger partial charge in [-0.15, -0.1) is 0 Å². The number of hydrogen-bond donors (Lipinski definition) is 2. The lowest BCUT2D eigenvalue weighted by molar-refractivity contribution is -0.0686. The van der Waals surface area contributed by atoms with Crippen molar-refractivity contribution in [2.45, 2.75) is 90.0 Å². The molecule has 2 amide bonds. The number of hydrogen-bond acceptors (Lipinski definition) is 1. The molecule has 0 aliphatic heterocycles. The van der Waals surface area contributed by atoms with E-state index in [0.717, 1.165) is 42.1 Å². The highest BCUT2D eigenvalue weighted by Crippen LogP contribution is 2.61. The Morgan fingerprint density at radius 2 is 1.19 bits per heavy atom. The van der Waals surface area contributed by atoms with E-state index >= 15 is 0 Å². The summed E-state index contributed by atoms with van der Waals surface area (Å²) in [7, 11) is 0. The quantitative estimate of drug-likeness (QED) is 0.709. The number of carbonyl (C=O) groups is 1. The minimum Gasteiger partial charge on any atom is -0.338 e. The van der Waals surface area contributed by atoms with Crippen LogP contribution in [-0.2, 0) is 0 Å². The van der Waals surface area contributed by atoms with Crippen molar-refractivity contribution < 1.29 is 4.79 Å². The fraction of sp³-hybridized carbons (Fsp3) is 0.958. The number of urea groups is 1. The second-order valence-corrected chi connectivity index (χ2v) is 12.2. The summed E-state index contributed by atoms with van der Waals surface area (Å²) >= 11 is 0. The highest BCUT2D eigenvalue weighted by Gasteiger charge is 2.54. The van der Waals surface area contributed by atoms with E-state index in [1.54, 1.807) is 0 Å². The zero-order valence-corrected chi connectivity index (χ0v) is 17.1. The van der Waals surface area contributed by atoms with Gasteiger partial charge in [-0.25, -0.2) is 4.79 Å². The Morgan fingerprint density at radius 1 is 0.778 bits per heavy atom. The number of nitrogens with one attached hydrogen (secondary N) is 2. The van der Waals surface area contributed by atoms with Gasteiger partial charge in [0.1, 0.15) is 0 Å². The number of carbonyl (C=O) groups excluding carboxylic acids is 1. The van der Waals surface area contributed by atoms with Crippen LogP contribution in [0.15, 0.2) is 0 Å². The van der Waals surface area contributed by atoms with E-state index in [1.807, 2.05) is 0 Å². The molecule has 8 bridgehead atoms. The lowest BCUT2D eigenvalue weighted by atomic mass is 9.48. The molecular weight excluding hydrogens is 332 g/mol. The first-order chi connectivity index (χ1) is 13.0. The SMILES string of the molecule is CC(NC(=O)NCC12CC3CC(CC(C3)C1)C2)C12CC3CC(CC(C3)C1)C2. The molecule has 150 valence electrons. The maximum atomic E-state index is 12.8. The van der Waals surface area contributed by atoms with Crippen molar-refractivity contribution in [1.82, 2.24) is 10.6 Å². The molecule has 0 radical (unpaired) electrons. The summed E-state index contributed by atoms with van der Waals surface area (Å²) in [5, 5.41) is 6.77. The predicted octanol–water partition coefficient (Wildman–Crippen LogP) is 5.11. The second-order valence-electron chi connectivity index (χ2n) is 12.2. The van der Waals surface area contributed by atoms with Gasteiger partial charge < -0.3 is 10.6 Å².